The second kappa shape index (κ2) is 7.35. The fourth-order valence-electron chi connectivity index (χ4n) is 1.34. The van der Waals surface area contributed by atoms with Crippen LogP contribution in [0.3, 0.4) is 0 Å². The van der Waals surface area contributed by atoms with E-state index in [1.165, 1.54) is 7.11 Å². The second-order valence-electron chi connectivity index (χ2n) is 3.59. The Labute approximate surface area is 114 Å². The number of methoxy groups -OCH3 is 2. The first-order valence-electron chi connectivity index (χ1n) is 5.32. The molecule has 0 bridgehead atoms. The summed E-state index contributed by atoms with van der Waals surface area (Å²) < 4.78 is 15.6. The lowest BCUT2D eigenvalue weighted by Crippen LogP contribution is -2.20. The van der Waals surface area contributed by atoms with E-state index in [1.54, 1.807) is 7.11 Å². The molecule has 1 aromatic carbocycles. The van der Waals surface area contributed by atoms with Crippen molar-refractivity contribution in [3.8, 4) is 5.75 Å². The normalized spacial score (nSPS) is 12.0. The summed E-state index contributed by atoms with van der Waals surface area (Å²) in [7, 11) is 2.91. The molecule has 0 saturated carbocycles. The summed E-state index contributed by atoms with van der Waals surface area (Å²) in [5, 5.41) is 0. The number of carbonyl (C=O) groups excluding carboxylic acids is 1. The summed E-state index contributed by atoms with van der Waals surface area (Å²) in [5.41, 5.74) is 6.84. The predicted octanol–water partition coefficient (Wildman–Crippen LogP) is 1.65. The van der Waals surface area contributed by atoms with Crippen LogP contribution in [0.15, 0.2) is 22.7 Å². The molecule has 0 spiro atoms. The van der Waals surface area contributed by atoms with Crippen LogP contribution in [-0.2, 0) is 14.3 Å². The number of esters is 1. The Hall–Kier alpha value is -1.11. The Morgan fingerprint density at radius 1 is 1.44 bits per heavy atom. The van der Waals surface area contributed by atoms with Crippen LogP contribution in [-0.4, -0.2) is 33.4 Å². The largest absolute Gasteiger partial charge is 0.496 e. The summed E-state index contributed by atoms with van der Waals surface area (Å²) in [6.45, 7) is 0.148. The highest BCUT2D eigenvalue weighted by Gasteiger charge is 2.10. The van der Waals surface area contributed by atoms with Crippen LogP contribution in [0.4, 0.5) is 0 Å². The van der Waals surface area contributed by atoms with Crippen LogP contribution in [0, 0.1) is 0 Å². The van der Waals surface area contributed by atoms with Gasteiger partial charge in [0.15, 0.2) is 0 Å². The van der Waals surface area contributed by atoms with Crippen LogP contribution in [0.2, 0.25) is 0 Å². The van der Waals surface area contributed by atoms with E-state index in [4.69, 9.17) is 15.2 Å². The van der Waals surface area contributed by atoms with Gasteiger partial charge in [-0.05, 0) is 33.6 Å². The van der Waals surface area contributed by atoms with Gasteiger partial charge in [-0.3, -0.25) is 0 Å². The van der Waals surface area contributed by atoms with E-state index >= 15 is 0 Å². The van der Waals surface area contributed by atoms with Gasteiger partial charge >= 0.3 is 5.97 Å². The molecule has 0 amide bonds. The van der Waals surface area contributed by atoms with Crippen molar-refractivity contribution in [2.75, 3.05) is 27.4 Å². The SMILES string of the molecule is COC(=O)COCC(N)c1ccc(OC)c(Br)c1. The average molecular weight is 318 g/mol. The second-order valence-corrected chi connectivity index (χ2v) is 4.45. The van der Waals surface area contributed by atoms with E-state index in [0.29, 0.717) is 0 Å². The van der Waals surface area contributed by atoms with Crippen molar-refractivity contribution in [3.63, 3.8) is 0 Å². The minimum atomic E-state index is -0.418. The molecule has 6 heteroatoms. The molecule has 2 N–H and O–H groups in total. The highest BCUT2D eigenvalue weighted by molar-refractivity contribution is 9.10. The maximum absolute atomic E-state index is 10.9. The van der Waals surface area contributed by atoms with E-state index < -0.39 is 5.97 Å². The van der Waals surface area contributed by atoms with Crippen LogP contribution in [0.25, 0.3) is 0 Å². The standard InChI is InChI=1S/C12H16BrNO4/c1-16-11-4-3-8(5-9(11)13)10(14)6-18-7-12(15)17-2/h3-5,10H,6-7,14H2,1-2H3. The number of rotatable bonds is 6. The molecule has 0 aromatic heterocycles. The molecule has 0 aliphatic carbocycles. The van der Waals surface area contributed by atoms with Crippen LogP contribution >= 0.6 is 15.9 Å². The van der Waals surface area contributed by atoms with Gasteiger partial charge in [-0.15, -0.1) is 0 Å². The van der Waals surface area contributed by atoms with Crippen LogP contribution in [0.1, 0.15) is 11.6 Å². The molecule has 0 radical (unpaired) electrons. The number of nitrogens with two attached hydrogens (primary N) is 1. The van der Waals surface area contributed by atoms with Gasteiger partial charge in [0.1, 0.15) is 12.4 Å². The summed E-state index contributed by atoms with van der Waals surface area (Å²) in [6.07, 6.45) is 0. The van der Waals surface area contributed by atoms with Crippen LogP contribution < -0.4 is 10.5 Å². The third-order valence-electron chi connectivity index (χ3n) is 2.35. The first-order chi connectivity index (χ1) is 8.58. The number of hydrogen-bond donors (Lipinski definition) is 1. The lowest BCUT2D eigenvalue weighted by atomic mass is 10.1. The van der Waals surface area contributed by atoms with Crippen molar-refractivity contribution >= 4 is 21.9 Å². The van der Waals surface area contributed by atoms with Gasteiger partial charge in [0.05, 0.1) is 31.3 Å². The van der Waals surface area contributed by atoms with E-state index in [1.807, 2.05) is 18.2 Å². The predicted molar refractivity (Wildman–Crippen MR) is 70.5 cm³/mol. The third-order valence-corrected chi connectivity index (χ3v) is 2.97. The first kappa shape index (κ1) is 14.9. The van der Waals surface area contributed by atoms with Gasteiger partial charge in [0, 0.05) is 0 Å². The maximum atomic E-state index is 10.9. The monoisotopic (exact) mass is 317 g/mol. The molecular weight excluding hydrogens is 302 g/mol. The molecule has 0 fully saturated rings. The molecule has 0 saturated heterocycles. The number of carbonyl (C=O) groups is 1. The molecule has 1 atom stereocenters. The summed E-state index contributed by atoms with van der Waals surface area (Å²) >= 11 is 3.38. The molecule has 0 aliphatic heterocycles. The zero-order chi connectivity index (χ0) is 13.5. The summed E-state index contributed by atoms with van der Waals surface area (Å²) in [5.74, 6) is 0.319. The quantitative estimate of drug-likeness (QED) is 0.808. The number of ether oxygens (including phenoxy) is 3. The van der Waals surface area contributed by atoms with Gasteiger partial charge in [0.2, 0.25) is 0 Å². The van der Waals surface area contributed by atoms with E-state index in [9.17, 15) is 4.79 Å². The fraction of sp³-hybridized carbons (Fsp3) is 0.417. The minimum absolute atomic E-state index is 0.0957. The van der Waals surface area contributed by atoms with Crippen molar-refractivity contribution in [3.05, 3.63) is 28.2 Å². The number of halogens is 1. The lowest BCUT2D eigenvalue weighted by molar-refractivity contribution is -0.146. The van der Waals surface area contributed by atoms with Gasteiger partial charge in [-0.2, -0.15) is 0 Å². The smallest absolute Gasteiger partial charge is 0.331 e. The van der Waals surface area contributed by atoms with E-state index in [2.05, 4.69) is 20.7 Å². The van der Waals surface area contributed by atoms with E-state index in [-0.39, 0.29) is 19.3 Å². The average Bonchev–Trinajstić information content (AvgIpc) is 2.38. The minimum Gasteiger partial charge on any atom is -0.496 e. The zero-order valence-electron chi connectivity index (χ0n) is 10.3. The van der Waals surface area contributed by atoms with Crippen molar-refractivity contribution in [2.24, 2.45) is 5.73 Å². The molecule has 5 nitrogen and oxygen atoms in total. The molecule has 1 rings (SSSR count). The molecule has 1 aromatic rings. The zero-order valence-corrected chi connectivity index (χ0v) is 11.9. The Bertz CT molecular complexity index is 411. The van der Waals surface area contributed by atoms with Crippen molar-refractivity contribution in [2.45, 2.75) is 6.04 Å². The Balaban J connectivity index is 2.53. The maximum Gasteiger partial charge on any atom is 0.331 e. The first-order valence-corrected chi connectivity index (χ1v) is 6.11. The van der Waals surface area contributed by atoms with Crippen molar-refractivity contribution in [1.29, 1.82) is 0 Å². The van der Waals surface area contributed by atoms with E-state index in [0.717, 1.165) is 15.8 Å². The summed E-state index contributed by atoms with van der Waals surface area (Å²) in [6, 6.07) is 5.23. The Kier molecular flexibility index (Phi) is 6.11. The van der Waals surface area contributed by atoms with Gasteiger partial charge in [-0.25, -0.2) is 4.79 Å². The van der Waals surface area contributed by atoms with Crippen molar-refractivity contribution in [1.82, 2.24) is 0 Å². The summed E-state index contributed by atoms with van der Waals surface area (Å²) in [4.78, 5) is 10.9. The lowest BCUT2D eigenvalue weighted by Gasteiger charge is -2.13. The highest BCUT2D eigenvalue weighted by atomic mass is 79.9. The molecule has 100 valence electrons. The highest BCUT2D eigenvalue weighted by Crippen LogP contribution is 2.27. The molecule has 1 unspecified atom stereocenters. The number of hydrogen-bond acceptors (Lipinski definition) is 5. The molecular formula is C12H16BrNO4. The Morgan fingerprint density at radius 3 is 2.72 bits per heavy atom. The fourth-order valence-corrected chi connectivity index (χ4v) is 1.90. The van der Waals surface area contributed by atoms with Gasteiger partial charge < -0.3 is 19.9 Å². The molecule has 0 aliphatic rings. The molecule has 0 heterocycles. The van der Waals surface area contributed by atoms with Gasteiger partial charge in [0.25, 0.3) is 0 Å². The molecule has 18 heavy (non-hydrogen) atoms. The Morgan fingerprint density at radius 2 is 2.17 bits per heavy atom. The van der Waals surface area contributed by atoms with Crippen LogP contribution in [0.5, 0.6) is 5.75 Å². The number of benzene rings is 1. The third kappa shape index (κ3) is 4.29. The van der Waals surface area contributed by atoms with Gasteiger partial charge in [-0.1, -0.05) is 6.07 Å². The van der Waals surface area contributed by atoms with Crippen molar-refractivity contribution < 1.29 is 19.0 Å². The topological polar surface area (TPSA) is 70.8 Å².